The molecule has 0 aliphatic rings. The van der Waals surface area contributed by atoms with Crippen LogP contribution in [0.25, 0.3) is 6.08 Å². The molecule has 1 aromatic carbocycles. The first-order chi connectivity index (χ1) is 7.74. The molecule has 1 rings (SSSR count). The third-order valence-electron chi connectivity index (χ3n) is 2.07. The third kappa shape index (κ3) is 4.28. The fourth-order valence-corrected chi connectivity index (χ4v) is 1.32. The SMILES string of the molecule is CCCOCc1ccccc1/C=C/C(=O)O. The van der Waals surface area contributed by atoms with Gasteiger partial charge in [-0.3, -0.25) is 0 Å². The van der Waals surface area contributed by atoms with E-state index in [1.807, 2.05) is 24.3 Å². The van der Waals surface area contributed by atoms with Crippen molar-refractivity contribution in [3.8, 4) is 0 Å². The molecule has 0 aliphatic heterocycles. The highest BCUT2D eigenvalue weighted by Gasteiger charge is 1.99. The first kappa shape index (κ1) is 12.5. The fourth-order valence-electron chi connectivity index (χ4n) is 1.32. The van der Waals surface area contributed by atoms with Gasteiger partial charge in [-0.25, -0.2) is 4.79 Å². The van der Waals surface area contributed by atoms with Gasteiger partial charge in [-0.1, -0.05) is 31.2 Å². The Morgan fingerprint density at radius 1 is 1.44 bits per heavy atom. The van der Waals surface area contributed by atoms with Crippen LogP contribution in [0.15, 0.2) is 30.3 Å². The third-order valence-corrected chi connectivity index (χ3v) is 2.07. The number of ether oxygens (including phenoxy) is 1. The van der Waals surface area contributed by atoms with Gasteiger partial charge in [-0.05, 0) is 23.6 Å². The normalized spacial score (nSPS) is 10.8. The van der Waals surface area contributed by atoms with Gasteiger partial charge in [0.15, 0.2) is 0 Å². The Kier molecular flexibility index (Phi) is 5.29. The number of hydrogen-bond donors (Lipinski definition) is 1. The van der Waals surface area contributed by atoms with E-state index >= 15 is 0 Å². The Labute approximate surface area is 95.4 Å². The minimum Gasteiger partial charge on any atom is -0.478 e. The Balaban J connectivity index is 2.71. The first-order valence-corrected chi connectivity index (χ1v) is 5.30. The molecule has 0 unspecified atom stereocenters. The molecule has 86 valence electrons. The molecule has 1 aromatic rings. The van der Waals surface area contributed by atoms with E-state index in [1.165, 1.54) is 0 Å². The lowest BCUT2D eigenvalue weighted by Crippen LogP contribution is -1.96. The van der Waals surface area contributed by atoms with Gasteiger partial charge in [0.2, 0.25) is 0 Å². The monoisotopic (exact) mass is 220 g/mol. The Bertz CT molecular complexity index is 369. The summed E-state index contributed by atoms with van der Waals surface area (Å²) in [4.78, 5) is 10.4. The zero-order valence-corrected chi connectivity index (χ0v) is 9.35. The maximum absolute atomic E-state index is 10.4. The smallest absolute Gasteiger partial charge is 0.328 e. The molecule has 3 nitrogen and oxygen atoms in total. The predicted octanol–water partition coefficient (Wildman–Crippen LogP) is 2.71. The summed E-state index contributed by atoms with van der Waals surface area (Å²) in [5.74, 6) is -0.940. The molecule has 0 aromatic heterocycles. The molecule has 0 radical (unpaired) electrons. The van der Waals surface area contributed by atoms with E-state index < -0.39 is 5.97 Å². The van der Waals surface area contributed by atoms with Crippen LogP contribution in [0.5, 0.6) is 0 Å². The van der Waals surface area contributed by atoms with E-state index in [0.29, 0.717) is 6.61 Å². The molecule has 16 heavy (non-hydrogen) atoms. The number of hydrogen-bond acceptors (Lipinski definition) is 2. The van der Waals surface area contributed by atoms with Crippen molar-refractivity contribution in [3.63, 3.8) is 0 Å². The van der Waals surface area contributed by atoms with E-state index in [4.69, 9.17) is 9.84 Å². The van der Waals surface area contributed by atoms with Gasteiger partial charge in [-0.2, -0.15) is 0 Å². The molecule has 0 fully saturated rings. The summed E-state index contributed by atoms with van der Waals surface area (Å²) in [5, 5.41) is 8.56. The summed E-state index contributed by atoms with van der Waals surface area (Å²) in [6, 6.07) is 7.62. The largest absolute Gasteiger partial charge is 0.478 e. The summed E-state index contributed by atoms with van der Waals surface area (Å²) in [6.45, 7) is 3.29. The van der Waals surface area contributed by atoms with Gasteiger partial charge >= 0.3 is 5.97 Å². The van der Waals surface area contributed by atoms with Crippen LogP contribution in [0.4, 0.5) is 0 Å². The predicted molar refractivity (Wildman–Crippen MR) is 63.1 cm³/mol. The molecule has 0 amide bonds. The number of carboxylic acids is 1. The van der Waals surface area contributed by atoms with Crippen LogP contribution in [0.2, 0.25) is 0 Å². The number of benzene rings is 1. The van der Waals surface area contributed by atoms with Crippen molar-refractivity contribution < 1.29 is 14.6 Å². The van der Waals surface area contributed by atoms with Crippen molar-refractivity contribution in [2.45, 2.75) is 20.0 Å². The van der Waals surface area contributed by atoms with Gasteiger partial charge in [0, 0.05) is 12.7 Å². The molecule has 0 saturated carbocycles. The number of aliphatic carboxylic acids is 1. The molecule has 0 spiro atoms. The fraction of sp³-hybridized carbons (Fsp3) is 0.308. The summed E-state index contributed by atoms with van der Waals surface area (Å²) < 4.78 is 5.44. The lowest BCUT2D eigenvalue weighted by molar-refractivity contribution is -0.131. The number of carboxylic acid groups (broad SMARTS) is 1. The summed E-state index contributed by atoms with van der Waals surface area (Å²) in [5.41, 5.74) is 1.90. The van der Waals surface area contributed by atoms with Gasteiger partial charge in [-0.15, -0.1) is 0 Å². The van der Waals surface area contributed by atoms with E-state index in [9.17, 15) is 4.79 Å². The van der Waals surface area contributed by atoms with Crippen LogP contribution >= 0.6 is 0 Å². The minimum absolute atomic E-state index is 0.522. The highest BCUT2D eigenvalue weighted by molar-refractivity contribution is 5.85. The molecule has 0 atom stereocenters. The average molecular weight is 220 g/mol. The van der Waals surface area contributed by atoms with E-state index in [-0.39, 0.29) is 0 Å². The topological polar surface area (TPSA) is 46.5 Å². The number of rotatable bonds is 6. The van der Waals surface area contributed by atoms with Gasteiger partial charge in [0.1, 0.15) is 0 Å². The maximum atomic E-state index is 10.4. The van der Waals surface area contributed by atoms with Gasteiger partial charge in [0.25, 0.3) is 0 Å². The van der Waals surface area contributed by atoms with Crippen LogP contribution in [0.3, 0.4) is 0 Å². The Hall–Kier alpha value is -1.61. The van der Waals surface area contributed by atoms with Crippen LogP contribution in [-0.2, 0) is 16.1 Å². The zero-order chi connectivity index (χ0) is 11.8. The molecule has 3 heteroatoms. The molecule has 0 aliphatic carbocycles. The van der Waals surface area contributed by atoms with Crippen LogP contribution in [0.1, 0.15) is 24.5 Å². The first-order valence-electron chi connectivity index (χ1n) is 5.30. The van der Waals surface area contributed by atoms with Crippen LogP contribution < -0.4 is 0 Å². The molecule has 0 saturated heterocycles. The molecular formula is C13H16O3. The molecule has 0 heterocycles. The summed E-state index contributed by atoms with van der Waals surface area (Å²) in [7, 11) is 0. The molecule has 1 N–H and O–H groups in total. The van der Waals surface area contributed by atoms with Crippen molar-refractivity contribution in [2.24, 2.45) is 0 Å². The zero-order valence-electron chi connectivity index (χ0n) is 9.35. The summed E-state index contributed by atoms with van der Waals surface area (Å²) >= 11 is 0. The van der Waals surface area contributed by atoms with Crippen molar-refractivity contribution in [2.75, 3.05) is 6.61 Å². The van der Waals surface area contributed by atoms with Gasteiger partial charge in [0.05, 0.1) is 6.61 Å². The lowest BCUT2D eigenvalue weighted by atomic mass is 10.1. The summed E-state index contributed by atoms with van der Waals surface area (Å²) in [6.07, 6.45) is 3.71. The quantitative estimate of drug-likeness (QED) is 0.592. The second kappa shape index (κ2) is 6.80. The Morgan fingerprint density at radius 2 is 2.19 bits per heavy atom. The second-order valence-electron chi connectivity index (χ2n) is 3.42. The van der Waals surface area contributed by atoms with Crippen molar-refractivity contribution >= 4 is 12.0 Å². The highest BCUT2D eigenvalue weighted by atomic mass is 16.5. The highest BCUT2D eigenvalue weighted by Crippen LogP contribution is 2.12. The standard InChI is InChI=1S/C13H16O3/c1-2-9-16-10-12-6-4-3-5-11(12)7-8-13(14)15/h3-8H,2,9-10H2,1H3,(H,14,15)/b8-7+. The van der Waals surface area contributed by atoms with Crippen LogP contribution in [-0.4, -0.2) is 17.7 Å². The van der Waals surface area contributed by atoms with Crippen LogP contribution in [0, 0.1) is 0 Å². The molecule has 0 bridgehead atoms. The van der Waals surface area contributed by atoms with E-state index in [0.717, 1.165) is 30.2 Å². The maximum Gasteiger partial charge on any atom is 0.328 e. The van der Waals surface area contributed by atoms with Crippen molar-refractivity contribution in [1.29, 1.82) is 0 Å². The van der Waals surface area contributed by atoms with E-state index in [2.05, 4.69) is 6.92 Å². The van der Waals surface area contributed by atoms with Gasteiger partial charge < -0.3 is 9.84 Å². The second-order valence-corrected chi connectivity index (χ2v) is 3.42. The minimum atomic E-state index is -0.940. The van der Waals surface area contributed by atoms with Crippen molar-refractivity contribution in [3.05, 3.63) is 41.5 Å². The van der Waals surface area contributed by atoms with Crippen molar-refractivity contribution in [1.82, 2.24) is 0 Å². The lowest BCUT2D eigenvalue weighted by Gasteiger charge is -2.06. The van der Waals surface area contributed by atoms with E-state index in [1.54, 1.807) is 6.08 Å². The molecular weight excluding hydrogens is 204 g/mol. The number of carbonyl (C=O) groups is 1. The Morgan fingerprint density at radius 3 is 2.88 bits per heavy atom. The average Bonchev–Trinajstić information content (AvgIpc) is 2.28.